The molecule has 1 N–H and O–H groups in total. The van der Waals surface area contributed by atoms with Gasteiger partial charge in [-0.25, -0.2) is 0 Å². The van der Waals surface area contributed by atoms with Gasteiger partial charge < -0.3 is 14.8 Å². The van der Waals surface area contributed by atoms with Crippen LogP contribution in [0, 0.1) is 0 Å². The minimum absolute atomic E-state index is 0.499. The van der Waals surface area contributed by atoms with Crippen molar-refractivity contribution in [3.8, 4) is 0 Å². The Kier molecular flexibility index (Phi) is 2.38. The van der Waals surface area contributed by atoms with Gasteiger partial charge in [-0.1, -0.05) is 0 Å². The third kappa shape index (κ3) is 1.76. The van der Waals surface area contributed by atoms with E-state index in [4.69, 9.17) is 0 Å². The maximum atomic E-state index is 3.53. The largest absolute Gasteiger partial charge is 0.349 e. The molecule has 0 saturated heterocycles. The van der Waals surface area contributed by atoms with E-state index in [2.05, 4.69) is 47.2 Å². The molecule has 0 fully saturated rings. The minimum atomic E-state index is 0.499. The van der Waals surface area contributed by atoms with Crippen LogP contribution in [0.4, 0.5) is 0 Å². The molecule has 1 aliphatic heterocycles. The lowest BCUT2D eigenvalue weighted by molar-refractivity contribution is 0.311. The standard InChI is InChI=1S/C10H17N3/c1-12(2)8-9-10-4-3-6-13(10)7-5-11-9/h3-4,6,9,11H,5,7-8H2,1-2H3. The molecule has 1 atom stereocenters. The van der Waals surface area contributed by atoms with Crippen molar-refractivity contribution in [1.29, 1.82) is 0 Å². The van der Waals surface area contributed by atoms with Crippen LogP contribution in [0.5, 0.6) is 0 Å². The SMILES string of the molecule is CN(C)CC1NCCn2cccc21. The van der Waals surface area contributed by atoms with Crippen molar-refractivity contribution >= 4 is 0 Å². The number of aromatic nitrogens is 1. The summed E-state index contributed by atoms with van der Waals surface area (Å²) >= 11 is 0. The van der Waals surface area contributed by atoms with Crippen molar-refractivity contribution in [2.45, 2.75) is 12.6 Å². The van der Waals surface area contributed by atoms with E-state index in [1.54, 1.807) is 0 Å². The van der Waals surface area contributed by atoms with Crippen molar-refractivity contribution in [3.05, 3.63) is 24.0 Å². The van der Waals surface area contributed by atoms with Gasteiger partial charge in [0.05, 0.1) is 6.04 Å². The number of hydrogen-bond donors (Lipinski definition) is 1. The Labute approximate surface area is 79.3 Å². The first-order valence-electron chi connectivity index (χ1n) is 4.80. The van der Waals surface area contributed by atoms with Crippen molar-refractivity contribution < 1.29 is 0 Å². The summed E-state index contributed by atoms with van der Waals surface area (Å²) in [7, 11) is 4.23. The zero-order valence-corrected chi connectivity index (χ0v) is 8.33. The molecule has 0 bridgehead atoms. The van der Waals surface area contributed by atoms with E-state index in [-0.39, 0.29) is 0 Å². The molecule has 3 nitrogen and oxygen atoms in total. The number of nitrogens with zero attached hydrogens (tertiary/aromatic N) is 2. The van der Waals surface area contributed by atoms with Gasteiger partial charge in [0.15, 0.2) is 0 Å². The molecule has 0 aliphatic carbocycles. The van der Waals surface area contributed by atoms with Gasteiger partial charge in [-0.05, 0) is 26.2 Å². The Morgan fingerprint density at radius 1 is 1.62 bits per heavy atom. The highest BCUT2D eigenvalue weighted by Crippen LogP contribution is 2.17. The number of hydrogen-bond acceptors (Lipinski definition) is 2. The molecule has 2 heterocycles. The molecule has 3 heteroatoms. The second-order valence-corrected chi connectivity index (χ2v) is 3.90. The highest BCUT2D eigenvalue weighted by Gasteiger charge is 2.18. The maximum absolute atomic E-state index is 3.53. The first-order valence-corrected chi connectivity index (χ1v) is 4.80. The van der Waals surface area contributed by atoms with Crippen molar-refractivity contribution in [1.82, 2.24) is 14.8 Å². The number of rotatable bonds is 2. The number of nitrogens with one attached hydrogen (secondary N) is 1. The summed E-state index contributed by atoms with van der Waals surface area (Å²) in [6.07, 6.45) is 2.17. The van der Waals surface area contributed by atoms with Crippen LogP contribution < -0.4 is 5.32 Å². The smallest absolute Gasteiger partial charge is 0.0604 e. The van der Waals surface area contributed by atoms with Gasteiger partial charge in [0.25, 0.3) is 0 Å². The van der Waals surface area contributed by atoms with Crippen LogP contribution >= 0.6 is 0 Å². The molecule has 0 spiro atoms. The molecule has 0 radical (unpaired) electrons. The van der Waals surface area contributed by atoms with E-state index in [0.29, 0.717) is 6.04 Å². The zero-order chi connectivity index (χ0) is 9.26. The van der Waals surface area contributed by atoms with Crippen LogP contribution in [0.3, 0.4) is 0 Å². The highest BCUT2D eigenvalue weighted by molar-refractivity contribution is 5.14. The molecule has 1 aliphatic rings. The molecular formula is C10H17N3. The Bertz CT molecular complexity index is 277. The monoisotopic (exact) mass is 179 g/mol. The van der Waals surface area contributed by atoms with Gasteiger partial charge in [0.1, 0.15) is 0 Å². The second-order valence-electron chi connectivity index (χ2n) is 3.90. The fourth-order valence-corrected chi connectivity index (χ4v) is 1.93. The van der Waals surface area contributed by atoms with Crippen LogP contribution in [0.2, 0.25) is 0 Å². The van der Waals surface area contributed by atoms with E-state index in [0.717, 1.165) is 19.6 Å². The molecule has 2 rings (SSSR count). The normalized spacial score (nSPS) is 21.9. The zero-order valence-electron chi connectivity index (χ0n) is 8.33. The summed E-state index contributed by atoms with van der Waals surface area (Å²) in [6, 6.07) is 4.84. The molecule has 1 unspecified atom stereocenters. The lowest BCUT2D eigenvalue weighted by atomic mass is 10.1. The van der Waals surface area contributed by atoms with Crippen LogP contribution in [0.15, 0.2) is 18.3 Å². The van der Waals surface area contributed by atoms with Gasteiger partial charge >= 0.3 is 0 Å². The quantitative estimate of drug-likeness (QED) is 0.721. The lowest BCUT2D eigenvalue weighted by Crippen LogP contribution is -2.38. The summed E-state index contributed by atoms with van der Waals surface area (Å²) in [6.45, 7) is 3.26. The predicted octanol–water partition coefficient (Wildman–Crippen LogP) is 0.694. The third-order valence-corrected chi connectivity index (χ3v) is 2.51. The van der Waals surface area contributed by atoms with Crippen molar-refractivity contribution in [2.75, 3.05) is 27.2 Å². The van der Waals surface area contributed by atoms with E-state index >= 15 is 0 Å². The second kappa shape index (κ2) is 3.52. The summed E-state index contributed by atoms with van der Waals surface area (Å²) in [5.74, 6) is 0. The third-order valence-electron chi connectivity index (χ3n) is 2.51. The highest BCUT2D eigenvalue weighted by atomic mass is 15.2. The van der Waals surface area contributed by atoms with Crippen molar-refractivity contribution in [3.63, 3.8) is 0 Å². The number of fused-ring (bicyclic) bond motifs is 1. The van der Waals surface area contributed by atoms with Gasteiger partial charge in [0.2, 0.25) is 0 Å². The van der Waals surface area contributed by atoms with Crippen LogP contribution in [0.25, 0.3) is 0 Å². The molecule has 1 aromatic rings. The molecule has 1 aromatic heterocycles. The van der Waals surface area contributed by atoms with Crippen LogP contribution in [-0.2, 0) is 6.54 Å². The van der Waals surface area contributed by atoms with Gasteiger partial charge in [-0.2, -0.15) is 0 Å². The minimum Gasteiger partial charge on any atom is -0.349 e. The fourth-order valence-electron chi connectivity index (χ4n) is 1.93. The summed E-state index contributed by atoms with van der Waals surface area (Å²) in [5, 5.41) is 3.53. The molecule has 0 aromatic carbocycles. The summed E-state index contributed by atoms with van der Waals surface area (Å²) in [4.78, 5) is 2.22. The molecule has 0 saturated carbocycles. The van der Waals surface area contributed by atoms with Gasteiger partial charge in [-0.3, -0.25) is 0 Å². The Balaban J connectivity index is 2.15. The van der Waals surface area contributed by atoms with E-state index < -0.39 is 0 Å². The first-order chi connectivity index (χ1) is 6.27. The average molecular weight is 179 g/mol. The average Bonchev–Trinajstić information content (AvgIpc) is 2.51. The maximum Gasteiger partial charge on any atom is 0.0604 e. The first kappa shape index (κ1) is 8.78. The lowest BCUT2D eigenvalue weighted by Gasteiger charge is -2.28. The molecule has 0 amide bonds. The Morgan fingerprint density at radius 2 is 2.46 bits per heavy atom. The Morgan fingerprint density at radius 3 is 3.23 bits per heavy atom. The van der Waals surface area contributed by atoms with Crippen LogP contribution in [-0.4, -0.2) is 36.7 Å². The predicted molar refractivity (Wildman–Crippen MR) is 53.7 cm³/mol. The van der Waals surface area contributed by atoms with E-state index in [1.807, 2.05) is 0 Å². The summed E-state index contributed by atoms with van der Waals surface area (Å²) < 4.78 is 2.34. The van der Waals surface area contributed by atoms with Gasteiger partial charge in [-0.15, -0.1) is 0 Å². The van der Waals surface area contributed by atoms with E-state index in [1.165, 1.54) is 5.69 Å². The molecular weight excluding hydrogens is 162 g/mol. The topological polar surface area (TPSA) is 20.2 Å². The fraction of sp³-hybridized carbons (Fsp3) is 0.600. The number of likely N-dealkylation sites (N-methyl/N-ethyl adjacent to an activating group) is 1. The van der Waals surface area contributed by atoms with Crippen LogP contribution in [0.1, 0.15) is 11.7 Å². The molecule has 72 valence electrons. The van der Waals surface area contributed by atoms with Gasteiger partial charge in [0, 0.05) is 31.5 Å². The Hall–Kier alpha value is -0.800. The van der Waals surface area contributed by atoms with E-state index in [9.17, 15) is 0 Å². The molecule has 13 heavy (non-hydrogen) atoms. The van der Waals surface area contributed by atoms with Crippen molar-refractivity contribution in [2.24, 2.45) is 0 Å². The summed E-state index contributed by atoms with van der Waals surface area (Å²) in [5.41, 5.74) is 1.42.